The van der Waals surface area contributed by atoms with Gasteiger partial charge in [-0.1, -0.05) is 65.2 Å². The first kappa shape index (κ1) is 35.4. The third-order valence-electron chi connectivity index (χ3n) is 8.21. The average Bonchev–Trinajstić information content (AvgIpc) is 3.65. The monoisotopic (exact) mass is 692 g/mol. The van der Waals surface area contributed by atoms with Crippen LogP contribution >= 0.6 is 23.2 Å². The topological polar surface area (TPSA) is 73.2 Å². The van der Waals surface area contributed by atoms with Crippen molar-refractivity contribution in [1.82, 2.24) is 20.2 Å². The van der Waals surface area contributed by atoms with Crippen molar-refractivity contribution in [2.24, 2.45) is 0 Å². The van der Waals surface area contributed by atoms with Crippen LogP contribution in [0, 0.1) is 11.6 Å². The van der Waals surface area contributed by atoms with Crippen LogP contribution in [0.25, 0.3) is 21.8 Å². The van der Waals surface area contributed by atoms with Gasteiger partial charge < -0.3 is 20.0 Å². The molecule has 3 N–H and O–H groups in total. The van der Waals surface area contributed by atoms with Gasteiger partial charge in [-0.2, -0.15) is 0 Å². The number of ether oxygens (including phenoxy) is 1. The van der Waals surface area contributed by atoms with Crippen LogP contribution < -0.4 is 5.32 Å². The minimum absolute atomic E-state index is 0.172. The fourth-order valence-corrected chi connectivity index (χ4v) is 6.29. The number of benzene rings is 3. The van der Waals surface area contributed by atoms with Crippen LogP contribution in [0.2, 0.25) is 0 Å². The molecule has 0 spiro atoms. The molecular weight excluding hydrogens is 653 g/mol. The number of carbonyl (C=O) groups excluding carboxylic acids is 1. The minimum atomic E-state index is -0.873. The van der Waals surface area contributed by atoms with Gasteiger partial charge in [-0.05, 0) is 92.2 Å². The Kier molecular flexibility index (Phi) is 12.9. The molecule has 0 saturated heterocycles. The molecule has 1 unspecified atom stereocenters. The zero-order valence-corrected chi connectivity index (χ0v) is 28.4. The molecule has 2 aliphatic heterocycles. The van der Waals surface area contributed by atoms with E-state index in [9.17, 15) is 13.6 Å². The van der Waals surface area contributed by atoms with E-state index in [1.54, 1.807) is 18.2 Å². The molecule has 0 bridgehead atoms. The summed E-state index contributed by atoms with van der Waals surface area (Å²) in [7, 11) is 0. The number of fused-ring (bicyclic) bond motifs is 2. The van der Waals surface area contributed by atoms with Crippen LogP contribution in [0.3, 0.4) is 0 Å². The summed E-state index contributed by atoms with van der Waals surface area (Å²) in [5, 5.41) is 5.35. The van der Waals surface area contributed by atoms with E-state index in [0.717, 1.165) is 80.2 Å². The Labute approximate surface area is 289 Å². The molecule has 0 fully saturated rings. The Morgan fingerprint density at radius 1 is 0.875 bits per heavy atom. The fourth-order valence-electron chi connectivity index (χ4n) is 6.03. The number of hydrogen-bond acceptors (Lipinski definition) is 4. The highest BCUT2D eigenvalue weighted by atomic mass is 35.5. The van der Waals surface area contributed by atoms with Crippen molar-refractivity contribution in [1.29, 1.82) is 0 Å². The standard InChI is InChI=1S/C21H21FN2.C14H15FN2.C3H4Cl2O2/c22-19-8-9-21-20(12-19)18(13-23-21)11-17-7-4-10-24(15-17)14-16-5-2-1-3-6-16;15-12-3-4-14-13(7-12)11(9-17-14)6-10-2-1-5-16-8-10;1-2(4)7-3(5)6/h1-3,5-9,12-13,23H,4,10-11,14-15H2;2-4,7,9,16-17H,1,5-6,8H2;2H,1H3. The van der Waals surface area contributed by atoms with Gasteiger partial charge in [0.15, 0.2) is 5.56 Å². The normalized spacial score (nSPS) is 15.4. The van der Waals surface area contributed by atoms with Crippen LogP contribution in [0.1, 0.15) is 36.5 Å². The van der Waals surface area contributed by atoms with Gasteiger partial charge in [0, 0.05) is 72.0 Å². The van der Waals surface area contributed by atoms with Crippen molar-refractivity contribution in [2.75, 3.05) is 26.2 Å². The first-order chi connectivity index (χ1) is 23.2. The van der Waals surface area contributed by atoms with E-state index in [1.807, 2.05) is 18.5 Å². The number of nitrogens with one attached hydrogen (secondary N) is 3. The predicted molar refractivity (Wildman–Crippen MR) is 192 cm³/mol. The van der Waals surface area contributed by atoms with Crippen LogP contribution in [0.5, 0.6) is 0 Å². The maximum absolute atomic E-state index is 13.5. The Balaban J connectivity index is 0.000000163. The van der Waals surface area contributed by atoms with Gasteiger partial charge in [0.05, 0.1) is 0 Å². The second-order valence-corrected chi connectivity index (χ2v) is 12.9. The number of nitrogens with zero attached hydrogens (tertiary/aromatic N) is 1. The third kappa shape index (κ3) is 10.5. The summed E-state index contributed by atoms with van der Waals surface area (Å²) >= 11 is 9.87. The lowest BCUT2D eigenvalue weighted by Crippen LogP contribution is -2.30. The van der Waals surface area contributed by atoms with E-state index < -0.39 is 11.0 Å². The molecular formula is C38H40Cl2F2N4O2. The molecule has 0 amide bonds. The smallest absolute Gasteiger partial charge is 0.405 e. The quantitative estimate of drug-likeness (QED) is 0.0903. The van der Waals surface area contributed by atoms with Crippen molar-refractivity contribution in [3.8, 4) is 0 Å². The average molecular weight is 694 g/mol. The molecule has 5 aromatic rings. The lowest BCUT2D eigenvalue weighted by atomic mass is 10.00. The number of rotatable bonds is 7. The Morgan fingerprint density at radius 3 is 2.02 bits per heavy atom. The molecule has 0 aliphatic carbocycles. The number of hydrogen-bond donors (Lipinski definition) is 3. The van der Waals surface area contributed by atoms with Crippen LogP contribution in [0.4, 0.5) is 13.6 Å². The summed E-state index contributed by atoms with van der Waals surface area (Å²) in [5.74, 6) is -0.347. The SMILES string of the molecule is CC(Cl)OC(=O)Cl.Fc1ccc2[nH]cc(CC3=CCCN(Cc4ccccc4)C3)c2c1.Fc1ccc2[nH]cc(CC3=CCCNC3)c2c1. The molecule has 10 heteroatoms. The van der Waals surface area contributed by atoms with Gasteiger partial charge in [-0.25, -0.2) is 13.6 Å². The van der Waals surface area contributed by atoms with E-state index in [2.05, 4.69) is 67.4 Å². The Hall–Kier alpha value is -3.95. The molecule has 0 radical (unpaired) electrons. The lowest BCUT2D eigenvalue weighted by molar-refractivity contribution is 0.166. The highest BCUT2D eigenvalue weighted by Gasteiger charge is 2.15. The van der Waals surface area contributed by atoms with E-state index in [-0.39, 0.29) is 11.6 Å². The molecule has 0 saturated carbocycles. The molecule has 252 valence electrons. The minimum Gasteiger partial charge on any atom is -0.434 e. The summed E-state index contributed by atoms with van der Waals surface area (Å²) < 4.78 is 30.9. The van der Waals surface area contributed by atoms with E-state index in [0.29, 0.717) is 0 Å². The van der Waals surface area contributed by atoms with Crippen LogP contribution in [-0.4, -0.2) is 52.0 Å². The van der Waals surface area contributed by atoms with Gasteiger partial charge >= 0.3 is 5.43 Å². The van der Waals surface area contributed by atoms with Crippen molar-refractivity contribution >= 4 is 50.4 Å². The molecule has 7 rings (SSSR count). The molecule has 2 aromatic heterocycles. The van der Waals surface area contributed by atoms with Gasteiger partial charge in [0.25, 0.3) is 0 Å². The van der Waals surface area contributed by atoms with E-state index in [4.69, 9.17) is 23.2 Å². The number of aromatic nitrogens is 2. The second kappa shape index (κ2) is 17.4. The largest absolute Gasteiger partial charge is 0.434 e. The third-order valence-corrected chi connectivity index (χ3v) is 8.39. The maximum Gasteiger partial charge on any atom is 0.405 e. The second-order valence-electron chi connectivity index (χ2n) is 11.9. The zero-order valence-electron chi connectivity index (χ0n) is 26.9. The number of aromatic amines is 2. The van der Waals surface area contributed by atoms with Crippen LogP contribution in [0.15, 0.2) is 102 Å². The number of carbonyl (C=O) groups is 1. The van der Waals surface area contributed by atoms with Gasteiger partial charge in [-0.15, -0.1) is 0 Å². The van der Waals surface area contributed by atoms with Gasteiger partial charge in [0.1, 0.15) is 11.6 Å². The number of halogens is 4. The highest BCUT2D eigenvalue weighted by Crippen LogP contribution is 2.25. The molecule has 48 heavy (non-hydrogen) atoms. The van der Waals surface area contributed by atoms with Gasteiger partial charge in [-0.3, -0.25) is 4.90 Å². The first-order valence-corrected chi connectivity index (χ1v) is 16.9. The van der Waals surface area contributed by atoms with E-state index in [1.165, 1.54) is 46.9 Å². The van der Waals surface area contributed by atoms with Gasteiger partial charge in [0.2, 0.25) is 0 Å². The molecule has 1 atom stereocenters. The summed E-state index contributed by atoms with van der Waals surface area (Å²) in [6, 6.07) is 20.4. The summed E-state index contributed by atoms with van der Waals surface area (Å²) in [4.78, 5) is 18.6. The molecule has 3 aromatic carbocycles. The maximum atomic E-state index is 13.5. The summed E-state index contributed by atoms with van der Waals surface area (Å²) in [5.41, 5.74) is 7.02. The molecule has 6 nitrogen and oxygen atoms in total. The van der Waals surface area contributed by atoms with E-state index >= 15 is 0 Å². The molecule has 2 aliphatic rings. The highest BCUT2D eigenvalue weighted by molar-refractivity contribution is 6.61. The van der Waals surface area contributed by atoms with Crippen molar-refractivity contribution in [2.45, 2.75) is 44.7 Å². The van der Waals surface area contributed by atoms with Crippen LogP contribution in [-0.2, 0) is 24.1 Å². The summed E-state index contributed by atoms with van der Waals surface area (Å²) in [6.07, 6.45) is 12.6. The van der Waals surface area contributed by atoms with Crippen molar-refractivity contribution in [3.63, 3.8) is 0 Å². The Morgan fingerprint density at radius 2 is 1.48 bits per heavy atom. The van der Waals surface area contributed by atoms with Crippen molar-refractivity contribution in [3.05, 3.63) is 131 Å². The fraction of sp³-hybridized carbons (Fsp3) is 0.289. The lowest BCUT2D eigenvalue weighted by Gasteiger charge is -2.27. The molecule has 4 heterocycles. The predicted octanol–water partition coefficient (Wildman–Crippen LogP) is 9.40. The number of alkyl halides is 1. The number of H-pyrrole nitrogens is 2. The summed E-state index contributed by atoms with van der Waals surface area (Å²) in [6.45, 7) is 6.58. The first-order valence-electron chi connectivity index (χ1n) is 16.1. The van der Waals surface area contributed by atoms with Crippen molar-refractivity contribution < 1.29 is 18.3 Å². The Bertz CT molecular complexity index is 1870. The zero-order chi connectivity index (χ0) is 33.9.